The fourth-order valence-corrected chi connectivity index (χ4v) is 1.71. The molecule has 0 fully saturated rings. The van der Waals surface area contributed by atoms with Crippen LogP contribution in [0.5, 0.6) is 0 Å². The minimum absolute atomic E-state index is 0.240. The van der Waals surface area contributed by atoms with Gasteiger partial charge in [0.25, 0.3) is 0 Å². The molecule has 0 aromatic heterocycles. The van der Waals surface area contributed by atoms with Crippen LogP contribution in [0, 0.1) is 11.8 Å². The number of carbonyl (C=O) groups excluding carboxylic acids is 1. The zero-order valence-electron chi connectivity index (χ0n) is 9.70. The Kier molecular flexibility index (Phi) is 4.54. The maximum absolute atomic E-state index is 11.4. The molecule has 0 spiro atoms. The van der Waals surface area contributed by atoms with E-state index in [1.165, 1.54) is 0 Å². The molecule has 0 aliphatic heterocycles. The average Bonchev–Trinajstić information content (AvgIpc) is 2.16. The van der Waals surface area contributed by atoms with E-state index in [2.05, 4.69) is 32.6 Å². The molecule has 0 aromatic rings. The molecule has 0 saturated heterocycles. The molecule has 1 aliphatic carbocycles. The lowest BCUT2D eigenvalue weighted by molar-refractivity contribution is -0.114. The first-order valence-electron chi connectivity index (χ1n) is 5.65. The molecule has 1 heteroatoms. The highest BCUT2D eigenvalue weighted by Crippen LogP contribution is 2.21. The van der Waals surface area contributed by atoms with Crippen LogP contribution < -0.4 is 0 Å². The van der Waals surface area contributed by atoms with Gasteiger partial charge in [0.1, 0.15) is 0 Å². The molecule has 0 heterocycles. The highest BCUT2D eigenvalue weighted by molar-refractivity contribution is 5.89. The summed E-state index contributed by atoms with van der Waals surface area (Å²) in [6.45, 7) is 8.35. The molecule has 1 rings (SSSR count). The second kappa shape index (κ2) is 5.69. The van der Waals surface area contributed by atoms with Crippen LogP contribution in [0.2, 0.25) is 0 Å². The molecule has 15 heavy (non-hydrogen) atoms. The van der Waals surface area contributed by atoms with Gasteiger partial charge in [-0.25, -0.2) is 0 Å². The van der Waals surface area contributed by atoms with E-state index in [1.807, 2.05) is 6.08 Å². The summed E-state index contributed by atoms with van der Waals surface area (Å²) in [5.74, 6) is 1.33. The van der Waals surface area contributed by atoms with Crippen molar-refractivity contribution in [2.24, 2.45) is 11.8 Å². The largest absolute Gasteiger partial charge is 0.295 e. The summed E-state index contributed by atoms with van der Waals surface area (Å²) in [4.78, 5) is 11.4. The van der Waals surface area contributed by atoms with E-state index in [1.54, 1.807) is 6.08 Å². The molecule has 0 N–H and O–H groups in total. The van der Waals surface area contributed by atoms with Crippen molar-refractivity contribution in [1.29, 1.82) is 0 Å². The Labute approximate surface area is 92.6 Å². The van der Waals surface area contributed by atoms with Gasteiger partial charge in [0, 0.05) is 6.42 Å². The van der Waals surface area contributed by atoms with E-state index >= 15 is 0 Å². The molecule has 0 bridgehead atoms. The normalized spacial score (nSPS) is 27.8. The summed E-state index contributed by atoms with van der Waals surface area (Å²) >= 11 is 0. The van der Waals surface area contributed by atoms with Gasteiger partial charge in [0.05, 0.1) is 0 Å². The first kappa shape index (κ1) is 12.0. The summed E-state index contributed by atoms with van der Waals surface area (Å²) in [6.07, 6.45) is 10.3. The van der Waals surface area contributed by atoms with Gasteiger partial charge in [-0.15, -0.1) is 0 Å². The number of ketones is 1. The summed E-state index contributed by atoms with van der Waals surface area (Å²) < 4.78 is 0. The van der Waals surface area contributed by atoms with Crippen LogP contribution in [-0.2, 0) is 4.79 Å². The monoisotopic (exact) mass is 204 g/mol. The molecule has 1 atom stereocenters. The van der Waals surface area contributed by atoms with Gasteiger partial charge < -0.3 is 0 Å². The zero-order chi connectivity index (χ0) is 11.3. The Hall–Kier alpha value is -1.11. The van der Waals surface area contributed by atoms with Gasteiger partial charge in [0.2, 0.25) is 0 Å². The van der Waals surface area contributed by atoms with E-state index < -0.39 is 0 Å². The predicted molar refractivity (Wildman–Crippen MR) is 64.6 cm³/mol. The quantitative estimate of drug-likeness (QED) is 0.636. The fourth-order valence-electron chi connectivity index (χ4n) is 1.71. The van der Waals surface area contributed by atoms with Crippen molar-refractivity contribution in [3.05, 3.63) is 36.5 Å². The van der Waals surface area contributed by atoms with Crippen LogP contribution in [0.4, 0.5) is 0 Å². The topological polar surface area (TPSA) is 17.1 Å². The molecule has 1 aliphatic rings. The third-order valence-corrected chi connectivity index (χ3v) is 2.84. The molecular weight excluding hydrogens is 184 g/mol. The number of hydrogen-bond acceptors (Lipinski definition) is 1. The lowest BCUT2D eigenvalue weighted by Gasteiger charge is -2.16. The van der Waals surface area contributed by atoms with Gasteiger partial charge in [-0.2, -0.15) is 0 Å². The van der Waals surface area contributed by atoms with Crippen LogP contribution >= 0.6 is 0 Å². The van der Waals surface area contributed by atoms with Crippen LogP contribution in [0.15, 0.2) is 36.5 Å². The van der Waals surface area contributed by atoms with Crippen LogP contribution in [0.25, 0.3) is 0 Å². The van der Waals surface area contributed by atoms with Gasteiger partial charge in [-0.3, -0.25) is 4.79 Å². The molecular formula is C14H20O. The SMILES string of the molecule is C=C1/C=C/C(C(C)C)CCC(=O)/C=C\C1. The highest BCUT2D eigenvalue weighted by Gasteiger charge is 2.11. The lowest BCUT2D eigenvalue weighted by atomic mass is 9.89. The summed E-state index contributed by atoms with van der Waals surface area (Å²) in [5, 5.41) is 0. The van der Waals surface area contributed by atoms with Crippen molar-refractivity contribution in [2.45, 2.75) is 33.1 Å². The molecule has 0 radical (unpaired) electrons. The summed E-state index contributed by atoms with van der Waals surface area (Å²) in [6, 6.07) is 0. The smallest absolute Gasteiger partial charge is 0.155 e. The fraction of sp³-hybridized carbons (Fsp3) is 0.500. The van der Waals surface area contributed by atoms with E-state index in [9.17, 15) is 4.79 Å². The Morgan fingerprint density at radius 2 is 2.13 bits per heavy atom. The first-order valence-corrected chi connectivity index (χ1v) is 5.65. The summed E-state index contributed by atoms with van der Waals surface area (Å²) in [7, 11) is 0. The van der Waals surface area contributed by atoms with Gasteiger partial charge in [0.15, 0.2) is 5.78 Å². The third kappa shape index (κ3) is 4.28. The summed E-state index contributed by atoms with van der Waals surface area (Å²) in [5.41, 5.74) is 1.08. The first-order chi connectivity index (χ1) is 7.09. The van der Waals surface area contributed by atoms with Crippen molar-refractivity contribution in [3.8, 4) is 0 Å². The molecule has 0 amide bonds. The molecule has 0 aromatic carbocycles. The van der Waals surface area contributed by atoms with Crippen LogP contribution in [0.1, 0.15) is 33.1 Å². The van der Waals surface area contributed by atoms with Crippen LogP contribution in [0.3, 0.4) is 0 Å². The molecule has 82 valence electrons. The Balaban J connectivity index is 2.74. The van der Waals surface area contributed by atoms with Crippen molar-refractivity contribution >= 4 is 5.78 Å². The zero-order valence-corrected chi connectivity index (χ0v) is 9.70. The van der Waals surface area contributed by atoms with Gasteiger partial charge >= 0.3 is 0 Å². The average molecular weight is 204 g/mol. The number of carbonyl (C=O) groups is 1. The Bertz CT molecular complexity index is 294. The van der Waals surface area contributed by atoms with Crippen LogP contribution in [-0.4, -0.2) is 5.78 Å². The van der Waals surface area contributed by atoms with Crippen molar-refractivity contribution < 1.29 is 4.79 Å². The standard InChI is InChI=1S/C14H20O/c1-11(2)13-8-7-12(3)5-4-6-14(15)10-9-13/h4,6-8,11,13H,3,5,9-10H2,1-2H3/b6-4-,8-7+. The van der Waals surface area contributed by atoms with Crippen molar-refractivity contribution in [3.63, 3.8) is 0 Å². The number of rotatable bonds is 1. The van der Waals surface area contributed by atoms with Crippen molar-refractivity contribution in [2.75, 3.05) is 0 Å². The minimum atomic E-state index is 0.240. The van der Waals surface area contributed by atoms with E-state index in [4.69, 9.17) is 0 Å². The lowest BCUT2D eigenvalue weighted by Crippen LogP contribution is -2.08. The second-order valence-electron chi connectivity index (χ2n) is 4.54. The van der Waals surface area contributed by atoms with E-state index in [0.717, 1.165) is 18.4 Å². The van der Waals surface area contributed by atoms with E-state index in [-0.39, 0.29) is 5.78 Å². The molecule has 1 unspecified atom stereocenters. The maximum Gasteiger partial charge on any atom is 0.155 e. The Morgan fingerprint density at radius 3 is 2.80 bits per heavy atom. The molecule has 1 nitrogen and oxygen atoms in total. The second-order valence-corrected chi connectivity index (χ2v) is 4.54. The number of hydrogen-bond donors (Lipinski definition) is 0. The van der Waals surface area contributed by atoms with Crippen molar-refractivity contribution in [1.82, 2.24) is 0 Å². The Morgan fingerprint density at radius 1 is 1.40 bits per heavy atom. The molecule has 0 saturated carbocycles. The minimum Gasteiger partial charge on any atom is -0.295 e. The van der Waals surface area contributed by atoms with Gasteiger partial charge in [-0.05, 0) is 30.8 Å². The predicted octanol–water partition coefficient (Wildman–Crippen LogP) is 3.68. The highest BCUT2D eigenvalue weighted by atomic mass is 16.1. The number of allylic oxidation sites excluding steroid dienone is 5. The van der Waals surface area contributed by atoms with E-state index in [0.29, 0.717) is 18.3 Å². The third-order valence-electron chi connectivity index (χ3n) is 2.84. The maximum atomic E-state index is 11.4. The van der Waals surface area contributed by atoms with Gasteiger partial charge in [-0.1, -0.05) is 44.2 Å².